The molecule has 0 fully saturated rings. The molecular weight excluding hydrogens is 394 g/mol. The lowest BCUT2D eigenvalue weighted by atomic mass is 10.1. The van der Waals surface area contributed by atoms with E-state index in [0.717, 1.165) is 11.3 Å². The Hall–Kier alpha value is -3.71. The maximum atomic E-state index is 12.5. The predicted molar refractivity (Wildman–Crippen MR) is 123 cm³/mol. The fourth-order valence-electron chi connectivity index (χ4n) is 3.23. The van der Waals surface area contributed by atoms with Crippen molar-refractivity contribution in [1.29, 1.82) is 0 Å². The van der Waals surface area contributed by atoms with Gasteiger partial charge in [-0.2, -0.15) is 0 Å². The van der Waals surface area contributed by atoms with Crippen molar-refractivity contribution in [2.45, 2.75) is 6.54 Å². The van der Waals surface area contributed by atoms with E-state index in [1.54, 1.807) is 38.5 Å². The molecule has 0 unspecified atom stereocenters. The Kier molecular flexibility index (Phi) is 7.35. The van der Waals surface area contributed by atoms with Gasteiger partial charge >= 0.3 is 0 Å². The number of nitrogens with zero attached hydrogens (tertiary/aromatic N) is 1. The zero-order valence-electron chi connectivity index (χ0n) is 17.7. The van der Waals surface area contributed by atoms with Gasteiger partial charge < -0.3 is 30.5 Å². The van der Waals surface area contributed by atoms with Crippen molar-refractivity contribution in [1.82, 2.24) is 0 Å². The molecule has 4 N–H and O–H groups in total. The van der Waals surface area contributed by atoms with Crippen molar-refractivity contribution >= 4 is 23.0 Å². The number of amides is 1. The molecule has 0 aromatic heterocycles. The molecule has 0 saturated carbocycles. The van der Waals surface area contributed by atoms with Crippen LogP contribution in [0.4, 0.5) is 17.1 Å². The minimum atomic E-state index is -0.225. The number of para-hydroxylation sites is 2. The maximum absolute atomic E-state index is 12.5. The van der Waals surface area contributed by atoms with Crippen molar-refractivity contribution in [3.05, 3.63) is 77.9 Å². The highest BCUT2D eigenvalue weighted by atomic mass is 16.5. The van der Waals surface area contributed by atoms with Gasteiger partial charge in [0.15, 0.2) is 11.5 Å². The number of rotatable bonds is 9. The Bertz CT molecular complexity index is 1020. The number of methoxy groups -OCH3 is 2. The van der Waals surface area contributed by atoms with Crippen LogP contribution in [0.1, 0.15) is 15.9 Å². The van der Waals surface area contributed by atoms with Gasteiger partial charge in [-0.05, 0) is 42.0 Å². The van der Waals surface area contributed by atoms with E-state index in [0.29, 0.717) is 41.5 Å². The summed E-state index contributed by atoms with van der Waals surface area (Å²) in [6, 6.07) is 20.1. The van der Waals surface area contributed by atoms with Gasteiger partial charge in [0.25, 0.3) is 5.91 Å². The maximum Gasteiger partial charge on any atom is 0.255 e. The third kappa shape index (κ3) is 5.46. The Morgan fingerprint density at radius 1 is 1.00 bits per heavy atom. The number of nitrogens with two attached hydrogens (primary N) is 1. The molecule has 7 nitrogen and oxygen atoms in total. The van der Waals surface area contributed by atoms with Gasteiger partial charge in [-0.1, -0.05) is 24.3 Å². The van der Waals surface area contributed by atoms with Gasteiger partial charge in [-0.3, -0.25) is 4.79 Å². The van der Waals surface area contributed by atoms with E-state index in [1.807, 2.05) is 47.4 Å². The first-order valence-corrected chi connectivity index (χ1v) is 9.88. The molecular formula is C24H27N3O4. The van der Waals surface area contributed by atoms with Crippen LogP contribution in [-0.4, -0.2) is 38.4 Å². The van der Waals surface area contributed by atoms with Crippen LogP contribution in [0.25, 0.3) is 0 Å². The number of anilines is 3. The van der Waals surface area contributed by atoms with E-state index < -0.39 is 0 Å². The summed E-state index contributed by atoms with van der Waals surface area (Å²) in [5.41, 5.74) is 9.42. The van der Waals surface area contributed by atoms with Crippen molar-refractivity contribution in [3.8, 4) is 11.5 Å². The van der Waals surface area contributed by atoms with Gasteiger partial charge in [0.05, 0.1) is 32.2 Å². The number of aliphatic hydroxyl groups excluding tert-OH is 1. The highest BCUT2D eigenvalue weighted by Crippen LogP contribution is 2.32. The fraction of sp³-hybridized carbons (Fsp3) is 0.208. The number of benzene rings is 3. The molecule has 0 aliphatic carbocycles. The lowest BCUT2D eigenvalue weighted by Gasteiger charge is -2.25. The Morgan fingerprint density at radius 3 is 2.35 bits per heavy atom. The number of hydrogen-bond acceptors (Lipinski definition) is 6. The molecule has 0 aliphatic rings. The highest BCUT2D eigenvalue weighted by molar-refractivity contribution is 6.05. The van der Waals surface area contributed by atoms with Crippen LogP contribution in [0.5, 0.6) is 11.5 Å². The first kappa shape index (κ1) is 22.0. The van der Waals surface area contributed by atoms with Crippen LogP contribution < -0.4 is 25.4 Å². The second-order valence-corrected chi connectivity index (χ2v) is 6.92. The fourth-order valence-corrected chi connectivity index (χ4v) is 3.23. The summed E-state index contributed by atoms with van der Waals surface area (Å²) in [5.74, 6) is 1.04. The van der Waals surface area contributed by atoms with Crippen molar-refractivity contribution in [2.75, 3.05) is 43.3 Å². The number of nitrogen functional groups attached to an aromatic ring is 1. The summed E-state index contributed by atoms with van der Waals surface area (Å²) in [5, 5.41) is 12.3. The zero-order valence-corrected chi connectivity index (χ0v) is 17.7. The number of carbonyl (C=O) groups excluding carboxylic acids is 1. The normalized spacial score (nSPS) is 10.4. The second kappa shape index (κ2) is 10.4. The Balaban J connectivity index is 1.73. The SMILES string of the molecule is COc1ccc(N(CCO)Cc2ccc(C(=O)Nc3ccccc3N)cc2)cc1OC. The van der Waals surface area contributed by atoms with E-state index in [4.69, 9.17) is 15.2 Å². The molecule has 0 saturated heterocycles. The van der Waals surface area contributed by atoms with Gasteiger partial charge in [-0.25, -0.2) is 0 Å². The molecule has 3 aromatic carbocycles. The molecule has 0 aliphatic heterocycles. The molecule has 3 aromatic rings. The first-order chi connectivity index (χ1) is 15.0. The average Bonchev–Trinajstić information content (AvgIpc) is 2.80. The van der Waals surface area contributed by atoms with Crippen LogP contribution in [0.2, 0.25) is 0 Å². The molecule has 0 atom stereocenters. The predicted octanol–water partition coefficient (Wildman–Crippen LogP) is 3.54. The Morgan fingerprint density at radius 2 is 1.71 bits per heavy atom. The molecule has 0 radical (unpaired) electrons. The van der Waals surface area contributed by atoms with Crippen molar-refractivity contribution in [2.24, 2.45) is 0 Å². The molecule has 0 spiro atoms. The van der Waals surface area contributed by atoms with Gasteiger partial charge in [-0.15, -0.1) is 0 Å². The largest absolute Gasteiger partial charge is 0.493 e. The smallest absolute Gasteiger partial charge is 0.255 e. The molecule has 7 heteroatoms. The standard InChI is InChI=1S/C24H27N3O4/c1-30-22-12-11-19(15-23(22)31-2)27(13-14-28)16-17-7-9-18(10-8-17)24(29)26-21-6-4-3-5-20(21)25/h3-12,15,28H,13-14,16,25H2,1-2H3,(H,26,29). The van der Waals surface area contributed by atoms with E-state index in [1.165, 1.54) is 0 Å². The van der Waals surface area contributed by atoms with E-state index >= 15 is 0 Å². The first-order valence-electron chi connectivity index (χ1n) is 9.88. The summed E-state index contributed by atoms with van der Waals surface area (Å²) < 4.78 is 10.7. The van der Waals surface area contributed by atoms with Crippen LogP contribution in [-0.2, 0) is 6.54 Å². The zero-order chi connectivity index (χ0) is 22.2. The number of hydrogen-bond donors (Lipinski definition) is 3. The minimum absolute atomic E-state index is 0.00727. The highest BCUT2D eigenvalue weighted by Gasteiger charge is 2.13. The number of ether oxygens (including phenoxy) is 2. The second-order valence-electron chi connectivity index (χ2n) is 6.92. The third-order valence-corrected chi connectivity index (χ3v) is 4.90. The summed E-state index contributed by atoms with van der Waals surface area (Å²) >= 11 is 0. The van der Waals surface area contributed by atoms with E-state index in [9.17, 15) is 9.90 Å². The summed E-state index contributed by atoms with van der Waals surface area (Å²) in [7, 11) is 3.18. The monoisotopic (exact) mass is 421 g/mol. The molecule has 0 heterocycles. The van der Waals surface area contributed by atoms with Crippen molar-refractivity contribution in [3.63, 3.8) is 0 Å². The summed E-state index contributed by atoms with van der Waals surface area (Å²) in [6.45, 7) is 1.02. The Labute approximate surface area is 182 Å². The topological polar surface area (TPSA) is 97.1 Å². The van der Waals surface area contributed by atoms with Gasteiger partial charge in [0.1, 0.15) is 0 Å². The quantitative estimate of drug-likeness (QED) is 0.457. The number of aliphatic hydroxyl groups is 1. The van der Waals surface area contributed by atoms with E-state index in [2.05, 4.69) is 5.32 Å². The third-order valence-electron chi connectivity index (χ3n) is 4.90. The minimum Gasteiger partial charge on any atom is -0.493 e. The van der Waals surface area contributed by atoms with Crippen LogP contribution in [0, 0.1) is 0 Å². The molecule has 3 rings (SSSR count). The van der Waals surface area contributed by atoms with Crippen LogP contribution in [0.15, 0.2) is 66.7 Å². The number of nitrogens with one attached hydrogen (secondary N) is 1. The van der Waals surface area contributed by atoms with Crippen molar-refractivity contribution < 1.29 is 19.4 Å². The summed E-state index contributed by atoms with van der Waals surface area (Å²) in [6.07, 6.45) is 0. The van der Waals surface area contributed by atoms with Crippen LogP contribution in [0.3, 0.4) is 0 Å². The molecule has 31 heavy (non-hydrogen) atoms. The molecule has 162 valence electrons. The van der Waals surface area contributed by atoms with E-state index in [-0.39, 0.29) is 12.5 Å². The summed E-state index contributed by atoms with van der Waals surface area (Å²) in [4.78, 5) is 14.5. The molecule has 0 bridgehead atoms. The lowest BCUT2D eigenvalue weighted by molar-refractivity contribution is 0.102. The lowest BCUT2D eigenvalue weighted by Crippen LogP contribution is -2.26. The molecule has 1 amide bonds. The van der Waals surface area contributed by atoms with Gasteiger partial charge in [0.2, 0.25) is 0 Å². The average molecular weight is 421 g/mol. The number of carbonyl (C=O) groups is 1. The van der Waals surface area contributed by atoms with Gasteiger partial charge in [0, 0.05) is 30.4 Å². The van der Waals surface area contributed by atoms with Crippen LogP contribution >= 0.6 is 0 Å².